The summed E-state index contributed by atoms with van der Waals surface area (Å²) in [6.45, 7) is -0.233. The van der Waals surface area contributed by atoms with Crippen LogP contribution in [-0.2, 0) is 4.79 Å². The highest BCUT2D eigenvalue weighted by Gasteiger charge is 2.03. The number of fused-ring (bicyclic) bond motifs is 1. The lowest BCUT2D eigenvalue weighted by molar-refractivity contribution is -0.134. The van der Waals surface area contributed by atoms with Crippen LogP contribution in [0.2, 0.25) is 0 Å². The lowest BCUT2D eigenvalue weighted by Gasteiger charge is -1.98. The fourth-order valence-electron chi connectivity index (χ4n) is 0.894. The summed E-state index contributed by atoms with van der Waals surface area (Å²) in [4.78, 5) is 18.0. The Morgan fingerprint density at radius 1 is 1.57 bits per heavy atom. The highest BCUT2D eigenvalue weighted by atomic mass is 16.4. The van der Waals surface area contributed by atoms with E-state index in [4.69, 9.17) is 5.11 Å². The van der Waals surface area contributed by atoms with Crippen molar-refractivity contribution in [3.8, 4) is 0 Å². The molecule has 0 spiro atoms. The Morgan fingerprint density at radius 2 is 2.43 bits per heavy atom. The fraction of sp³-hybridized carbons (Fsp3) is 0.167. The molecule has 8 nitrogen and oxygen atoms in total. The maximum atomic E-state index is 10.2. The predicted molar refractivity (Wildman–Crippen MR) is 45.6 cm³/mol. The van der Waals surface area contributed by atoms with Gasteiger partial charge in [0.15, 0.2) is 0 Å². The van der Waals surface area contributed by atoms with E-state index in [1.807, 2.05) is 0 Å². The van der Waals surface area contributed by atoms with E-state index in [0.29, 0.717) is 11.2 Å². The fourth-order valence-corrected chi connectivity index (χ4v) is 0.894. The van der Waals surface area contributed by atoms with Gasteiger partial charge in [0.25, 0.3) is 0 Å². The third-order valence-electron chi connectivity index (χ3n) is 1.47. The first-order chi connectivity index (χ1) is 6.75. The second-order valence-corrected chi connectivity index (χ2v) is 2.47. The highest BCUT2D eigenvalue weighted by molar-refractivity contribution is 5.73. The van der Waals surface area contributed by atoms with Crippen molar-refractivity contribution in [1.29, 1.82) is 0 Å². The molecule has 2 heterocycles. The lowest BCUT2D eigenvalue weighted by Crippen LogP contribution is -2.14. The minimum absolute atomic E-state index is 0.216. The molecule has 0 saturated heterocycles. The molecule has 2 aromatic rings. The summed E-state index contributed by atoms with van der Waals surface area (Å²) in [5.41, 5.74) is 0.929. The van der Waals surface area contributed by atoms with Crippen LogP contribution in [0.25, 0.3) is 11.2 Å². The average molecular weight is 194 g/mol. The third-order valence-corrected chi connectivity index (χ3v) is 1.47. The Hall–Kier alpha value is -2.25. The van der Waals surface area contributed by atoms with Gasteiger partial charge < -0.3 is 10.4 Å². The van der Waals surface area contributed by atoms with Crippen LogP contribution < -0.4 is 5.32 Å². The van der Waals surface area contributed by atoms with Crippen molar-refractivity contribution in [2.45, 2.75) is 0 Å². The van der Waals surface area contributed by atoms with E-state index < -0.39 is 5.97 Å². The van der Waals surface area contributed by atoms with Gasteiger partial charge in [-0.25, -0.2) is 4.98 Å². The number of carboxylic acid groups (broad SMARTS) is 1. The van der Waals surface area contributed by atoms with Crippen molar-refractivity contribution in [3.63, 3.8) is 0 Å². The van der Waals surface area contributed by atoms with E-state index in [2.05, 4.69) is 30.7 Å². The SMILES string of the molecule is O=C(O)CNc1ncc2n[nH]nc2n1. The Balaban J connectivity index is 2.21. The van der Waals surface area contributed by atoms with Crippen molar-refractivity contribution >= 4 is 23.1 Å². The maximum Gasteiger partial charge on any atom is 0.322 e. The zero-order valence-electron chi connectivity index (χ0n) is 6.93. The van der Waals surface area contributed by atoms with E-state index >= 15 is 0 Å². The molecule has 0 saturated carbocycles. The first-order valence-electron chi connectivity index (χ1n) is 3.75. The zero-order chi connectivity index (χ0) is 9.97. The maximum absolute atomic E-state index is 10.2. The first-order valence-corrected chi connectivity index (χ1v) is 3.75. The Morgan fingerprint density at radius 3 is 3.21 bits per heavy atom. The minimum Gasteiger partial charge on any atom is -0.480 e. The molecule has 14 heavy (non-hydrogen) atoms. The van der Waals surface area contributed by atoms with Gasteiger partial charge in [0.05, 0.1) is 6.20 Å². The normalized spacial score (nSPS) is 10.3. The molecule has 0 bridgehead atoms. The molecule has 0 radical (unpaired) electrons. The minimum atomic E-state index is -0.978. The molecule has 0 unspecified atom stereocenters. The Kier molecular flexibility index (Phi) is 1.94. The number of carbonyl (C=O) groups is 1. The second-order valence-electron chi connectivity index (χ2n) is 2.47. The van der Waals surface area contributed by atoms with Crippen LogP contribution in [0.15, 0.2) is 6.20 Å². The van der Waals surface area contributed by atoms with E-state index in [-0.39, 0.29) is 12.5 Å². The van der Waals surface area contributed by atoms with Gasteiger partial charge in [0, 0.05) is 0 Å². The monoisotopic (exact) mass is 194 g/mol. The van der Waals surface area contributed by atoms with Gasteiger partial charge in [0.2, 0.25) is 11.6 Å². The molecule has 0 atom stereocenters. The van der Waals surface area contributed by atoms with E-state index in [1.165, 1.54) is 6.20 Å². The lowest BCUT2D eigenvalue weighted by atomic mass is 10.5. The summed E-state index contributed by atoms with van der Waals surface area (Å²) >= 11 is 0. The van der Waals surface area contributed by atoms with Gasteiger partial charge in [-0.2, -0.15) is 15.3 Å². The largest absolute Gasteiger partial charge is 0.480 e. The summed E-state index contributed by atoms with van der Waals surface area (Å²) in [6.07, 6.45) is 1.45. The molecule has 0 aliphatic rings. The van der Waals surface area contributed by atoms with E-state index in [9.17, 15) is 4.79 Å². The van der Waals surface area contributed by atoms with Gasteiger partial charge >= 0.3 is 5.97 Å². The number of hydrogen-bond acceptors (Lipinski definition) is 6. The number of H-pyrrole nitrogens is 1. The van der Waals surface area contributed by atoms with Crippen molar-refractivity contribution < 1.29 is 9.90 Å². The molecule has 0 aliphatic heterocycles. The summed E-state index contributed by atoms with van der Waals surface area (Å²) in [7, 11) is 0. The molecule has 8 heteroatoms. The van der Waals surface area contributed by atoms with Gasteiger partial charge in [0.1, 0.15) is 12.1 Å². The van der Waals surface area contributed by atoms with Crippen LogP contribution in [0.3, 0.4) is 0 Å². The number of carboxylic acids is 1. The molecule has 2 rings (SSSR count). The zero-order valence-corrected chi connectivity index (χ0v) is 6.93. The molecule has 72 valence electrons. The van der Waals surface area contributed by atoms with E-state index in [1.54, 1.807) is 0 Å². The van der Waals surface area contributed by atoms with E-state index in [0.717, 1.165) is 0 Å². The summed E-state index contributed by atoms with van der Waals surface area (Å²) < 4.78 is 0. The number of nitrogens with zero attached hydrogens (tertiary/aromatic N) is 4. The summed E-state index contributed by atoms with van der Waals surface area (Å²) in [6, 6.07) is 0. The molecular formula is C6H6N6O2. The van der Waals surface area contributed by atoms with Crippen molar-refractivity contribution in [2.75, 3.05) is 11.9 Å². The van der Waals surface area contributed by atoms with Gasteiger partial charge in [-0.15, -0.1) is 5.10 Å². The first kappa shape index (κ1) is 8.35. The molecule has 0 aromatic carbocycles. The van der Waals surface area contributed by atoms with Gasteiger partial charge in [-0.1, -0.05) is 0 Å². The molecule has 3 N–H and O–H groups in total. The highest BCUT2D eigenvalue weighted by Crippen LogP contribution is 2.04. The molecular weight excluding hydrogens is 188 g/mol. The summed E-state index contributed by atoms with van der Waals surface area (Å²) in [5.74, 6) is -0.761. The van der Waals surface area contributed by atoms with Gasteiger partial charge in [-0.05, 0) is 0 Å². The second kappa shape index (κ2) is 3.24. The van der Waals surface area contributed by atoms with Gasteiger partial charge in [-0.3, -0.25) is 4.79 Å². The van der Waals surface area contributed by atoms with Crippen LogP contribution in [0.5, 0.6) is 0 Å². The quantitative estimate of drug-likeness (QED) is 0.588. The molecule has 2 aromatic heterocycles. The predicted octanol–water partition coefficient (Wildman–Crippen LogP) is -0.756. The van der Waals surface area contributed by atoms with Crippen LogP contribution in [0.1, 0.15) is 0 Å². The molecule has 0 aliphatic carbocycles. The van der Waals surface area contributed by atoms with Crippen molar-refractivity contribution in [1.82, 2.24) is 25.4 Å². The summed E-state index contributed by atoms with van der Waals surface area (Å²) in [5, 5.41) is 20.8. The average Bonchev–Trinajstić information content (AvgIpc) is 2.61. The number of aromatic amines is 1. The van der Waals surface area contributed by atoms with Crippen molar-refractivity contribution in [2.24, 2.45) is 0 Å². The molecule has 0 amide bonds. The van der Waals surface area contributed by atoms with Crippen LogP contribution >= 0.6 is 0 Å². The standard InChI is InChI=1S/C6H6N6O2/c13-4(14)2-8-6-7-1-3-5(9-6)11-12-10-3/h1H,2H2,(H,13,14)(H2,7,8,9,10,11,12). The molecule has 0 fully saturated rings. The number of aromatic nitrogens is 5. The van der Waals surface area contributed by atoms with Crippen LogP contribution in [0.4, 0.5) is 5.95 Å². The Bertz CT molecular complexity index is 466. The number of aliphatic carboxylic acids is 1. The van der Waals surface area contributed by atoms with Crippen molar-refractivity contribution in [3.05, 3.63) is 6.20 Å². The third kappa shape index (κ3) is 1.58. The number of hydrogen-bond donors (Lipinski definition) is 3. The number of rotatable bonds is 3. The number of anilines is 1. The van der Waals surface area contributed by atoms with Crippen LogP contribution in [-0.4, -0.2) is 43.0 Å². The smallest absolute Gasteiger partial charge is 0.322 e. The topological polar surface area (TPSA) is 117 Å². The van der Waals surface area contributed by atoms with Crippen LogP contribution in [0, 0.1) is 0 Å². The Labute approximate surface area is 77.4 Å². The number of nitrogens with one attached hydrogen (secondary N) is 2.